The zero-order chi connectivity index (χ0) is 11.0. The Balaban J connectivity index is 2.42. The molecule has 82 valence electrons. The summed E-state index contributed by atoms with van der Waals surface area (Å²) in [6.07, 6.45) is 2.97. The molecule has 0 unspecified atom stereocenters. The lowest BCUT2D eigenvalue weighted by Crippen LogP contribution is -2.26. The second kappa shape index (κ2) is 3.56. The minimum absolute atomic E-state index is 0.0382. The predicted molar refractivity (Wildman–Crippen MR) is 57.0 cm³/mol. The number of carbonyl (C=O) groups excluding carboxylic acids is 1. The number of hydrogen-bond acceptors (Lipinski definition) is 2. The molecular formula is C12H22O2. The van der Waals surface area contributed by atoms with Crippen molar-refractivity contribution in [2.75, 3.05) is 0 Å². The maximum Gasteiger partial charge on any atom is 0.306 e. The maximum atomic E-state index is 11.6. The molecule has 0 radical (unpaired) electrons. The van der Waals surface area contributed by atoms with Crippen molar-refractivity contribution in [2.24, 2.45) is 11.3 Å². The van der Waals surface area contributed by atoms with Gasteiger partial charge in [0.25, 0.3) is 0 Å². The standard InChI is InChI=1S/C12H22O2/c1-9(2)12(6-7-12)8-10(13)14-11(3,4)5/h9H,6-8H2,1-5H3. The Morgan fingerprint density at radius 1 is 1.36 bits per heavy atom. The normalized spacial score (nSPS) is 19.6. The number of rotatable bonds is 3. The van der Waals surface area contributed by atoms with Crippen LogP contribution in [0, 0.1) is 11.3 Å². The molecule has 0 aromatic carbocycles. The monoisotopic (exact) mass is 198 g/mol. The van der Waals surface area contributed by atoms with Crippen LogP contribution in [0.1, 0.15) is 53.9 Å². The Hall–Kier alpha value is -0.530. The molecule has 0 spiro atoms. The first kappa shape index (κ1) is 11.5. The zero-order valence-electron chi connectivity index (χ0n) is 10.0. The van der Waals surface area contributed by atoms with E-state index in [9.17, 15) is 4.79 Å². The lowest BCUT2D eigenvalue weighted by atomic mass is 9.89. The molecule has 1 rings (SSSR count). The van der Waals surface area contributed by atoms with Crippen molar-refractivity contribution in [1.29, 1.82) is 0 Å². The summed E-state index contributed by atoms with van der Waals surface area (Å²) >= 11 is 0. The average Bonchev–Trinajstić information content (AvgIpc) is 2.63. The second-order valence-corrected chi connectivity index (χ2v) is 5.78. The Morgan fingerprint density at radius 3 is 2.14 bits per heavy atom. The van der Waals surface area contributed by atoms with Gasteiger partial charge in [0.05, 0.1) is 6.42 Å². The Kier molecular flexibility index (Phi) is 2.93. The zero-order valence-corrected chi connectivity index (χ0v) is 10.0. The van der Waals surface area contributed by atoms with Gasteiger partial charge in [-0.3, -0.25) is 4.79 Å². The van der Waals surface area contributed by atoms with E-state index in [-0.39, 0.29) is 17.0 Å². The first-order valence-corrected chi connectivity index (χ1v) is 5.47. The van der Waals surface area contributed by atoms with Crippen LogP contribution in [0.5, 0.6) is 0 Å². The molecule has 2 nitrogen and oxygen atoms in total. The molecule has 2 heteroatoms. The van der Waals surface area contributed by atoms with Gasteiger partial charge in [0.15, 0.2) is 0 Å². The number of esters is 1. The van der Waals surface area contributed by atoms with E-state index in [1.165, 1.54) is 12.8 Å². The molecule has 1 fully saturated rings. The molecule has 1 saturated carbocycles. The molecule has 1 aliphatic rings. The summed E-state index contributed by atoms with van der Waals surface area (Å²) in [6, 6.07) is 0. The molecular weight excluding hydrogens is 176 g/mol. The van der Waals surface area contributed by atoms with Gasteiger partial charge in [-0.25, -0.2) is 0 Å². The average molecular weight is 198 g/mol. The quantitative estimate of drug-likeness (QED) is 0.651. The summed E-state index contributed by atoms with van der Waals surface area (Å²) in [5.74, 6) is 0.554. The van der Waals surface area contributed by atoms with Gasteiger partial charge < -0.3 is 4.74 Å². The van der Waals surface area contributed by atoms with E-state index in [4.69, 9.17) is 4.74 Å². The summed E-state index contributed by atoms with van der Waals surface area (Å²) in [6.45, 7) is 10.1. The number of hydrogen-bond donors (Lipinski definition) is 0. The predicted octanol–water partition coefficient (Wildman–Crippen LogP) is 3.15. The fraction of sp³-hybridized carbons (Fsp3) is 0.917. The van der Waals surface area contributed by atoms with Crippen LogP contribution in [0.4, 0.5) is 0 Å². The van der Waals surface area contributed by atoms with Crippen molar-refractivity contribution in [3.63, 3.8) is 0 Å². The fourth-order valence-corrected chi connectivity index (χ4v) is 1.78. The van der Waals surface area contributed by atoms with E-state index in [0.717, 1.165) is 0 Å². The third-order valence-electron chi connectivity index (χ3n) is 3.03. The first-order valence-electron chi connectivity index (χ1n) is 5.47. The van der Waals surface area contributed by atoms with Crippen molar-refractivity contribution < 1.29 is 9.53 Å². The number of carbonyl (C=O) groups is 1. The van der Waals surface area contributed by atoms with E-state index in [0.29, 0.717) is 12.3 Å². The van der Waals surface area contributed by atoms with Gasteiger partial charge >= 0.3 is 5.97 Å². The highest BCUT2D eigenvalue weighted by molar-refractivity contribution is 5.71. The topological polar surface area (TPSA) is 26.3 Å². The van der Waals surface area contributed by atoms with Crippen LogP contribution >= 0.6 is 0 Å². The Bertz CT molecular complexity index is 219. The summed E-state index contributed by atoms with van der Waals surface area (Å²) in [7, 11) is 0. The van der Waals surface area contributed by atoms with E-state index in [1.807, 2.05) is 20.8 Å². The van der Waals surface area contributed by atoms with Crippen LogP contribution < -0.4 is 0 Å². The highest BCUT2D eigenvalue weighted by Crippen LogP contribution is 2.54. The van der Waals surface area contributed by atoms with E-state index in [1.54, 1.807) is 0 Å². The minimum Gasteiger partial charge on any atom is -0.460 e. The van der Waals surface area contributed by atoms with Gasteiger partial charge in [-0.1, -0.05) is 13.8 Å². The van der Waals surface area contributed by atoms with Crippen LogP contribution in [0.15, 0.2) is 0 Å². The van der Waals surface area contributed by atoms with E-state index in [2.05, 4.69) is 13.8 Å². The van der Waals surface area contributed by atoms with Gasteiger partial charge in [0.2, 0.25) is 0 Å². The van der Waals surface area contributed by atoms with Crippen molar-refractivity contribution in [3.8, 4) is 0 Å². The summed E-state index contributed by atoms with van der Waals surface area (Å²) in [5.41, 5.74) is -0.0769. The maximum absolute atomic E-state index is 11.6. The van der Waals surface area contributed by atoms with Crippen molar-refractivity contribution in [3.05, 3.63) is 0 Å². The third-order valence-corrected chi connectivity index (χ3v) is 3.03. The third kappa shape index (κ3) is 3.00. The largest absolute Gasteiger partial charge is 0.460 e. The highest BCUT2D eigenvalue weighted by atomic mass is 16.6. The molecule has 0 heterocycles. The van der Waals surface area contributed by atoms with E-state index < -0.39 is 0 Å². The summed E-state index contributed by atoms with van der Waals surface area (Å²) < 4.78 is 5.32. The lowest BCUT2D eigenvalue weighted by Gasteiger charge is -2.23. The molecule has 1 aliphatic carbocycles. The lowest BCUT2D eigenvalue weighted by molar-refractivity contribution is -0.156. The molecule has 0 aromatic heterocycles. The molecule has 0 aliphatic heterocycles. The van der Waals surface area contributed by atoms with Crippen LogP contribution in [0.3, 0.4) is 0 Å². The van der Waals surface area contributed by atoms with Crippen LogP contribution in [0.2, 0.25) is 0 Å². The number of ether oxygens (including phenoxy) is 1. The smallest absolute Gasteiger partial charge is 0.306 e. The molecule has 0 bridgehead atoms. The van der Waals surface area contributed by atoms with Gasteiger partial charge in [-0.05, 0) is 44.9 Å². The Labute approximate surface area is 87.0 Å². The summed E-state index contributed by atoms with van der Waals surface area (Å²) in [5, 5.41) is 0. The van der Waals surface area contributed by atoms with Gasteiger partial charge in [0.1, 0.15) is 5.60 Å². The van der Waals surface area contributed by atoms with Gasteiger partial charge in [0, 0.05) is 0 Å². The van der Waals surface area contributed by atoms with Gasteiger partial charge in [-0.2, -0.15) is 0 Å². The van der Waals surface area contributed by atoms with Crippen LogP contribution in [-0.2, 0) is 9.53 Å². The van der Waals surface area contributed by atoms with Crippen LogP contribution in [-0.4, -0.2) is 11.6 Å². The molecule has 0 aromatic rings. The van der Waals surface area contributed by atoms with Crippen molar-refractivity contribution >= 4 is 5.97 Å². The minimum atomic E-state index is -0.343. The molecule has 0 N–H and O–H groups in total. The van der Waals surface area contributed by atoms with Gasteiger partial charge in [-0.15, -0.1) is 0 Å². The fourth-order valence-electron chi connectivity index (χ4n) is 1.78. The molecule has 0 amide bonds. The van der Waals surface area contributed by atoms with Crippen LogP contribution in [0.25, 0.3) is 0 Å². The molecule has 0 saturated heterocycles. The van der Waals surface area contributed by atoms with Crippen molar-refractivity contribution in [2.45, 2.75) is 59.5 Å². The summed E-state index contributed by atoms with van der Waals surface area (Å²) in [4.78, 5) is 11.6. The van der Waals surface area contributed by atoms with E-state index >= 15 is 0 Å². The molecule has 0 atom stereocenters. The SMILES string of the molecule is CC(C)C1(CC(=O)OC(C)(C)C)CC1. The Morgan fingerprint density at radius 2 is 1.86 bits per heavy atom. The molecule has 14 heavy (non-hydrogen) atoms. The van der Waals surface area contributed by atoms with Crippen molar-refractivity contribution in [1.82, 2.24) is 0 Å². The highest BCUT2D eigenvalue weighted by Gasteiger charge is 2.47. The first-order chi connectivity index (χ1) is 6.25. The second-order valence-electron chi connectivity index (χ2n) is 5.78.